The van der Waals surface area contributed by atoms with Crippen molar-refractivity contribution in [2.24, 2.45) is 17.8 Å². The van der Waals surface area contributed by atoms with Gasteiger partial charge < -0.3 is 35.9 Å². The van der Waals surface area contributed by atoms with Crippen LogP contribution < -0.4 is 10.6 Å². The average Bonchev–Trinajstić information content (AvgIpc) is 3.55. The first-order valence-electron chi connectivity index (χ1n) is 16.2. The topological polar surface area (TPSA) is 177 Å². The third-order valence-corrected chi connectivity index (χ3v) is 8.42. The number of nitrogens with one attached hydrogen (secondary N) is 6. The van der Waals surface area contributed by atoms with E-state index in [9.17, 15) is 22.8 Å². The number of H-pyrrole nitrogens is 1. The van der Waals surface area contributed by atoms with Crippen molar-refractivity contribution >= 4 is 28.9 Å². The van der Waals surface area contributed by atoms with Crippen molar-refractivity contribution in [1.82, 2.24) is 20.6 Å². The molecule has 3 heterocycles. The molecule has 3 unspecified atom stereocenters. The van der Waals surface area contributed by atoms with E-state index in [0.29, 0.717) is 23.4 Å². The van der Waals surface area contributed by atoms with E-state index in [1.807, 2.05) is 6.92 Å². The minimum Gasteiger partial charge on any atom is -0.381 e. The van der Waals surface area contributed by atoms with Gasteiger partial charge in [0.1, 0.15) is 11.5 Å². The molecule has 3 atom stereocenters. The Labute approximate surface area is 275 Å². The first-order chi connectivity index (χ1) is 21.9. The number of hydrogen-bond acceptors (Lipinski definition) is 8. The molecule has 4 rings (SSSR count). The fourth-order valence-electron chi connectivity index (χ4n) is 4.91. The van der Waals surface area contributed by atoms with Crippen LogP contribution >= 0.6 is 0 Å². The van der Waals surface area contributed by atoms with Gasteiger partial charge in [-0.2, -0.15) is 13.2 Å². The highest BCUT2D eigenvalue weighted by atomic mass is 19.4. The van der Waals surface area contributed by atoms with Crippen molar-refractivity contribution in [2.75, 3.05) is 26.4 Å². The monoisotopic (exact) mass is 667 g/mol. The number of aromatic amines is 1. The SMILES string of the molecule is CC1CCC(=O)NC1.CCC(C)=C(C(C)=N)C1CCOC1.Cc1ncc(C(COC(C)(C)C(F)(F)F)NC(=O)C(=N)C(=N)C2CC2)[nH]1. The zero-order valence-electron chi connectivity index (χ0n) is 28.7. The van der Waals surface area contributed by atoms with Gasteiger partial charge in [-0.1, -0.05) is 19.4 Å². The smallest absolute Gasteiger partial charge is 0.381 e. The number of ether oxygens (including phenoxy) is 2. The second-order valence-corrected chi connectivity index (χ2v) is 13.0. The Kier molecular flexibility index (Phi) is 15.0. The van der Waals surface area contributed by atoms with Gasteiger partial charge in [0.05, 0.1) is 36.9 Å². The van der Waals surface area contributed by atoms with E-state index in [4.69, 9.17) is 25.7 Å². The Bertz CT molecular complexity index is 1290. The van der Waals surface area contributed by atoms with E-state index >= 15 is 0 Å². The number of aryl methyl sites for hydroxylation is 1. The molecule has 2 aliphatic heterocycles. The number of aromatic nitrogens is 2. The third kappa shape index (κ3) is 12.6. The predicted molar refractivity (Wildman–Crippen MR) is 175 cm³/mol. The third-order valence-electron chi connectivity index (χ3n) is 8.42. The van der Waals surface area contributed by atoms with Crippen LogP contribution in [-0.2, 0) is 19.1 Å². The Hall–Kier alpha value is -3.39. The molecule has 0 aromatic carbocycles. The number of halogens is 3. The number of carbonyl (C=O) groups excluding carboxylic acids is 2. The van der Waals surface area contributed by atoms with E-state index in [1.54, 1.807) is 6.92 Å². The van der Waals surface area contributed by atoms with E-state index < -0.39 is 36.0 Å². The molecule has 1 aromatic heterocycles. The summed E-state index contributed by atoms with van der Waals surface area (Å²) < 4.78 is 49.3. The molecule has 14 heteroatoms. The fourth-order valence-corrected chi connectivity index (χ4v) is 4.91. The van der Waals surface area contributed by atoms with Gasteiger partial charge in [0, 0.05) is 37.1 Å². The maximum Gasteiger partial charge on any atom is 0.416 e. The van der Waals surface area contributed by atoms with Crippen molar-refractivity contribution in [3.05, 3.63) is 28.9 Å². The summed E-state index contributed by atoms with van der Waals surface area (Å²) in [6.07, 6.45) is 2.26. The molecule has 3 fully saturated rings. The van der Waals surface area contributed by atoms with E-state index in [0.717, 1.165) is 77.8 Å². The molecular formula is C33H52F3N7O4. The number of rotatable bonds is 11. The lowest BCUT2D eigenvalue weighted by atomic mass is 9.90. The molecule has 264 valence electrons. The molecule has 0 bridgehead atoms. The summed E-state index contributed by atoms with van der Waals surface area (Å²) in [5.41, 5.74) is 0.721. The Balaban J connectivity index is 0.000000300. The minimum atomic E-state index is -4.58. The number of imidazole rings is 1. The van der Waals surface area contributed by atoms with Gasteiger partial charge in [-0.05, 0) is 78.2 Å². The number of amides is 2. The summed E-state index contributed by atoms with van der Waals surface area (Å²) in [4.78, 5) is 29.6. The number of alkyl halides is 3. The highest BCUT2D eigenvalue weighted by Crippen LogP contribution is 2.34. The maximum atomic E-state index is 13.0. The second-order valence-electron chi connectivity index (χ2n) is 13.0. The molecule has 3 aliphatic rings. The van der Waals surface area contributed by atoms with Crippen LogP contribution in [0.1, 0.15) is 97.6 Å². The normalized spacial score (nSPS) is 20.8. The maximum absolute atomic E-state index is 13.0. The van der Waals surface area contributed by atoms with Crippen molar-refractivity contribution in [1.29, 1.82) is 16.2 Å². The standard InChI is InChI=1S/C16H22F3N5O2.C11H19NO.C6H11NO/c1-8-22-6-10(23-8)11(7-26-15(2,3)16(17,18)19)24-14(25)13(21)12(20)9-4-5-9;1-4-8(2)11(9(3)12)10-5-6-13-7-10;1-5-2-3-6(8)7-4-5/h6,9,11,20-21H,4-5,7H2,1-3H3,(H,22,23)(H,24,25);10,12H,4-7H2,1-3H3;5H,2-4H2,1H3,(H,7,8). The summed E-state index contributed by atoms with van der Waals surface area (Å²) in [6.45, 7) is 13.8. The summed E-state index contributed by atoms with van der Waals surface area (Å²) in [5.74, 6) is 0.998. The van der Waals surface area contributed by atoms with Crippen LogP contribution in [0, 0.1) is 40.9 Å². The fraction of sp³-hybridized carbons (Fsp3) is 0.697. The number of nitrogens with zero attached hydrogens (tertiary/aromatic N) is 1. The molecule has 6 N–H and O–H groups in total. The lowest BCUT2D eigenvalue weighted by Gasteiger charge is -2.30. The number of hydrogen-bond donors (Lipinski definition) is 6. The van der Waals surface area contributed by atoms with Gasteiger partial charge in [0.25, 0.3) is 5.91 Å². The second kappa shape index (κ2) is 17.7. The Morgan fingerprint density at radius 1 is 1.15 bits per heavy atom. The number of allylic oxidation sites excluding steroid dienone is 1. The number of piperidine rings is 1. The summed E-state index contributed by atoms with van der Waals surface area (Å²) in [6, 6.07) is -0.960. The van der Waals surface area contributed by atoms with Gasteiger partial charge in [-0.3, -0.25) is 15.0 Å². The molecule has 11 nitrogen and oxygen atoms in total. The van der Waals surface area contributed by atoms with Crippen LogP contribution in [0.4, 0.5) is 13.2 Å². The van der Waals surface area contributed by atoms with Crippen LogP contribution in [0.2, 0.25) is 0 Å². The minimum absolute atomic E-state index is 0.0569. The van der Waals surface area contributed by atoms with Gasteiger partial charge in [0.2, 0.25) is 5.91 Å². The van der Waals surface area contributed by atoms with Crippen LogP contribution in [0.25, 0.3) is 0 Å². The first-order valence-corrected chi connectivity index (χ1v) is 16.2. The zero-order chi connectivity index (χ0) is 35.5. The lowest BCUT2D eigenvalue weighted by molar-refractivity contribution is -0.265. The molecule has 1 aliphatic carbocycles. The van der Waals surface area contributed by atoms with Crippen molar-refractivity contribution in [3.8, 4) is 0 Å². The molecule has 2 saturated heterocycles. The van der Waals surface area contributed by atoms with Crippen LogP contribution in [0.5, 0.6) is 0 Å². The van der Waals surface area contributed by atoms with Crippen LogP contribution in [-0.4, -0.2) is 77.1 Å². The summed E-state index contributed by atoms with van der Waals surface area (Å²) >= 11 is 0. The van der Waals surface area contributed by atoms with Gasteiger partial charge in [-0.25, -0.2) is 4.98 Å². The van der Waals surface area contributed by atoms with Crippen LogP contribution in [0.15, 0.2) is 17.3 Å². The van der Waals surface area contributed by atoms with Crippen LogP contribution in [0.3, 0.4) is 0 Å². The lowest BCUT2D eigenvalue weighted by Crippen LogP contribution is -2.45. The molecule has 0 radical (unpaired) electrons. The van der Waals surface area contributed by atoms with Crippen molar-refractivity contribution < 1.29 is 32.2 Å². The van der Waals surface area contributed by atoms with E-state index in [-0.39, 0.29) is 17.5 Å². The van der Waals surface area contributed by atoms with Gasteiger partial charge >= 0.3 is 6.18 Å². The van der Waals surface area contributed by atoms with E-state index in [2.05, 4.69) is 41.4 Å². The molecule has 0 spiro atoms. The highest BCUT2D eigenvalue weighted by molar-refractivity contribution is 6.65. The van der Waals surface area contributed by atoms with Crippen molar-refractivity contribution in [2.45, 2.75) is 105 Å². The summed E-state index contributed by atoms with van der Waals surface area (Å²) in [7, 11) is 0. The molecule has 47 heavy (non-hydrogen) atoms. The predicted octanol–water partition coefficient (Wildman–Crippen LogP) is 6.00. The molecule has 2 amide bonds. The Morgan fingerprint density at radius 3 is 2.23 bits per heavy atom. The molecule has 1 saturated carbocycles. The van der Waals surface area contributed by atoms with E-state index in [1.165, 1.54) is 17.3 Å². The first kappa shape index (κ1) is 39.8. The molecular weight excluding hydrogens is 615 g/mol. The quantitative estimate of drug-likeness (QED) is 0.158. The zero-order valence-corrected chi connectivity index (χ0v) is 28.7. The summed E-state index contributed by atoms with van der Waals surface area (Å²) in [5, 5.41) is 28.6. The van der Waals surface area contributed by atoms with Gasteiger partial charge in [0.15, 0.2) is 5.60 Å². The highest BCUT2D eigenvalue weighted by Gasteiger charge is 2.49. The largest absolute Gasteiger partial charge is 0.416 e. The van der Waals surface area contributed by atoms with Crippen molar-refractivity contribution in [3.63, 3.8) is 0 Å². The number of carbonyl (C=O) groups is 2. The average molecular weight is 668 g/mol. The Morgan fingerprint density at radius 2 is 1.81 bits per heavy atom. The molecule has 1 aromatic rings. The van der Waals surface area contributed by atoms with Gasteiger partial charge in [-0.15, -0.1) is 0 Å².